The molecule has 12 heteroatoms. The smallest absolute Gasteiger partial charge is 0.333 e. The first-order chi connectivity index (χ1) is 17.9. The van der Waals surface area contributed by atoms with Crippen molar-refractivity contribution < 1.29 is 17.9 Å². The van der Waals surface area contributed by atoms with Gasteiger partial charge in [0.05, 0.1) is 30.9 Å². The van der Waals surface area contributed by atoms with Gasteiger partial charge in [-0.15, -0.1) is 0 Å². The quantitative estimate of drug-likeness (QED) is 0.318. The summed E-state index contributed by atoms with van der Waals surface area (Å²) in [7, 11) is -4.32. The summed E-state index contributed by atoms with van der Waals surface area (Å²) in [5.74, 6) is 0.736. The van der Waals surface area contributed by atoms with Gasteiger partial charge in [0.15, 0.2) is 5.82 Å². The van der Waals surface area contributed by atoms with Crippen molar-refractivity contribution in [2.45, 2.75) is 38.2 Å². The van der Waals surface area contributed by atoms with E-state index in [9.17, 15) is 13.2 Å². The summed E-state index contributed by atoms with van der Waals surface area (Å²) in [6.07, 6.45) is 8.37. The van der Waals surface area contributed by atoms with E-state index in [4.69, 9.17) is 16.2 Å². The largest absolute Gasteiger partial charge is 0.390 e. The van der Waals surface area contributed by atoms with Gasteiger partial charge in [0.2, 0.25) is 0 Å². The van der Waals surface area contributed by atoms with Crippen LogP contribution in [0, 0.1) is 5.92 Å². The molecule has 6 N–H and O–H groups in total. The SMILES string of the molecule is NC=Nc1cc(-c2ccc3c(c2NC(=O)NS(=O)(=O)/C(N)=C/C2=NCCO[C@@H]2C2CC2)CCC3)ccn1. The highest BCUT2D eigenvalue weighted by Gasteiger charge is 2.36. The number of carbonyl (C=O) groups excluding carboxylic acids is 1. The summed E-state index contributed by atoms with van der Waals surface area (Å²) in [6.45, 7) is 0.929. The molecule has 1 aromatic heterocycles. The normalized spacial score (nSPS) is 19.9. The first-order valence-corrected chi connectivity index (χ1v) is 13.7. The standard InChI is InChI=1S/C25H29N7O4S/c26-14-30-22-12-17(8-9-29-22)19-7-6-15-2-1-3-18(15)23(19)31-25(33)32-37(34,35)21(27)13-20-24(16-4-5-16)36-11-10-28-20/h6-9,12-14,16,24H,1-5,10-11,27H2,(H2,26,29,30)(H2,31,32,33)/b21-13+/t24-/m1/s1. The van der Waals surface area contributed by atoms with E-state index in [0.717, 1.165) is 55.1 Å². The summed E-state index contributed by atoms with van der Waals surface area (Å²) in [5.41, 5.74) is 15.9. The monoisotopic (exact) mass is 523 g/mol. The predicted molar refractivity (Wildman–Crippen MR) is 142 cm³/mol. The van der Waals surface area contributed by atoms with E-state index in [0.29, 0.717) is 41.8 Å². The highest BCUT2D eigenvalue weighted by molar-refractivity contribution is 7.93. The molecule has 2 aliphatic carbocycles. The molecular formula is C25H29N7O4S. The van der Waals surface area contributed by atoms with Gasteiger partial charge >= 0.3 is 6.03 Å². The van der Waals surface area contributed by atoms with Crippen molar-refractivity contribution in [3.8, 4) is 11.1 Å². The Kier molecular flexibility index (Phi) is 6.94. The maximum absolute atomic E-state index is 13.0. The number of nitrogens with two attached hydrogens (primary N) is 2. The molecule has 194 valence electrons. The Bertz CT molecular complexity index is 1410. The number of rotatable bonds is 7. The van der Waals surface area contributed by atoms with Crippen LogP contribution in [-0.2, 0) is 27.6 Å². The van der Waals surface area contributed by atoms with E-state index >= 15 is 0 Å². The van der Waals surface area contributed by atoms with Crippen LogP contribution in [0.25, 0.3) is 11.1 Å². The number of sulfonamides is 1. The van der Waals surface area contributed by atoms with E-state index in [-0.39, 0.29) is 6.10 Å². The fourth-order valence-electron chi connectivity index (χ4n) is 4.76. The highest BCUT2D eigenvalue weighted by Crippen LogP contribution is 2.38. The number of fused-ring (bicyclic) bond motifs is 1. The second kappa shape index (κ2) is 10.3. The molecule has 1 atom stereocenters. The fourth-order valence-corrected chi connectivity index (χ4v) is 5.45. The minimum absolute atomic E-state index is 0.264. The number of hydrogen-bond donors (Lipinski definition) is 4. The molecule has 0 unspecified atom stereocenters. The number of hydrogen-bond acceptors (Lipinski definition) is 8. The van der Waals surface area contributed by atoms with Crippen molar-refractivity contribution in [2.75, 3.05) is 18.5 Å². The van der Waals surface area contributed by atoms with Gasteiger partial charge in [-0.3, -0.25) is 4.99 Å². The molecule has 1 aromatic carbocycles. The maximum Gasteiger partial charge on any atom is 0.333 e. The Morgan fingerprint density at radius 2 is 2.05 bits per heavy atom. The van der Waals surface area contributed by atoms with Gasteiger partial charge in [0.1, 0.15) is 11.1 Å². The number of aliphatic imine (C=N–C) groups is 2. The lowest BCUT2D eigenvalue weighted by Gasteiger charge is -2.22. The van der Waals surface area contributed by atoms with Gasteiger partial charge in [-0.1, -0.05) is 12.1 Å². The van der Waals surface area contributed by atoms with Crippen LogP contribution in [0.1, 0.15) is 30.4 Å². The van der Waals surface area contributed by atoms with Crippen LogP contribution in [-0.4, -0.2) is 50.7 Å². The summed E-state index contributed by atoms with van der Waals surface area (Å²) in [4.78, 5) is 25.5. The van der Waals surface area contributed by atoms with Gasteiger partial charge in [-0.2, -0.15) is 8.42 Å². The predicted octanol–water partition coefficient (Wildman–Crippen LogP) is 2.36. The first kappa shape index (κ1) is 24.9. The molecule has 1 aliphatic heterocycles. The lowest BCUT2D eigenvalue weighted by Crippen LogP contribution is -2.38. The van der Waals surface area contributed by atoms with Crippen LogP contribution >= 0.6 is 0 Å². The van der Waals surface area contributed by atoms with Crippen LogP contribution < -0.4 is 21.5 Å². The number of carbonyl (C=O) groups is 1. The third-order valence-electron chi connectivity index (χ3n) is 6.64. The van der Waals surface area contributed by atoms with Crippen molar-refractivity contribution in [1.82, 2.24) is 9.71 Å². The fraction of sp³-hybridized carbons (Fsp3) is 0.360. The number of ether oxygens (including phenoxy) is 1. The van der Waals surface area contributed by atoms with E-state index in [1.807, 2.05) is 16.9 Å². The number of pyridine rings is 1. The second-order valence-electron chi connectivity index (χ2n) is 9.20. The number of benzene rings is 1. The number of urea groups is 1. The first-order valence-electron chi connectivity index (χ1n) is 12.2. The molecule has 5 rings (SSSR count). The zero-order valence-electron chi connectivity index (χ0n) is 20.2. The second-order valence-corrected chi connectivity index (χ2v) is 10.9. The third kappa shape index (κ3) is 5.49. The molecular weight excluding hydrogens is 494 g/mol. The Labute approximate surface area is 215 Å². The van der Waals surface area contributed by atoms with E-state index in [1.54, 1.807) is 18.3 Å². The van der Waals surface area contributed by atoms with Gasteiger partial charge in [0, 0.05) is 11.8 Å². The number of aryl methyl sites for hydroxylation is 1. The Morgan fingerprint density at radius 1 is 1.22 bits per heavy atom. The summed E-state index contributed by atoms with van der Waals surface area (Å²) in [5, 5.41) is 2.27. The summed E-state index contributed by atoms with van der Waals surface area (Å²) < 4.78 is 33.6. The molecule has 0 radical (unpaired) electrons. The minimum Gasteiger partial charge on any atom is -0.390 e. The summed E-state index contributed by atoms with van der Waals surface area (Å²) in [6, 6.07) is 6.54. The number of nitrogens with one attached hydrogen (secondary N) is 2. The van der Waals surface area contributed by atoms with Crippen molar-refractivity contribution in [2.24, 2.45) is 27.4 Å². The molecule has 2 aromatic rings. The molecule has 1 fully saturated rings. The van der Waals surface area contributed by atoms with Crippen LogP contribution in [0.5, 0.6) is 0 Å². The number of nitrogens with zero attached hydrogens (tertiary/aromatic N) is 3. The van der Waals surface area contributed by atoms with Gasteiger partial charge in [-0.05, 0) is 72.9 Å². The average Bonchev–Trinajstić information content (AvgIpc) is 3.60. The number of anilines is 1. The molecule has 1 saturated carbocycles. The third-order valence-corrected chi connectivity index (χ3v) is 7.83. The molecule has 2 heterocycles. The zero-order valence-corrected chi connectivity index (χ0v) is 21.0. The molecule has 0 saturated heterocycles. The Morgan fingerprint density at radius 3 is 2.84 bits per heavy atom. The van der Waals surface area contributed by atoms with Crippen molar-refractivity contribution in [3.05, 3.63) is 52.7 Å². The molecule has 37 heavy (non-hydrogen) atoms. The molecule has 11 nitrogen and oxygen atoms in total. The molecule has 3 aliphatic rings. The van der Waals surface area contributed by atoms with Crippen molar-refractivity contribution in [3.63, 3.8) is 0 Å². The van der Waals surface area contributed by atoms with E-state index in [1.165, 1.54) is 6.08 Å². The van der Waals surface area contributed by atoms with Crippen LogP contribution in [0.15, 0.2) is 51.6 Å². The van der Waals surface area contributed by atoms with E-state index in [2.05, 4.69) is 20.3 Å². The van der Waals surface area contributed by atoms with Crippen molar-refractivity contribution >= 4 is 39.6 Å². The topological polar surface area (TPSA) is 174 Å². The van der Waals surface area contributed by atoms with Crippen molar-refractivity contribution in [1.29, 1.82) is 0 Å². The number of amides is 2. The lowest BCUT2D eigenvalue weighted by molar-refractivity contribution is 0.0817. The average molecular weight is 524 g/mol. The zero-order chi connectivity index (χ0) is 26.0. The maximum atomic E-state index is 13.0. The Balaban J connectivity index is 1.39. The lowest BCUT2D eigenvalue weighted by atomic mass is 9.98. The molecule has 0 spiro atoms. The number of aromatic nitrogens is 1. The van der Waals surface area contributed by atoms with E-state index < -0.39 is 21.1 Å². The van der Waals surface area contributed by atoms with Crippen LogP contribution in [0.4, 0.5) is 16.3 Å². The highest BCUT2D eigenvalue weighted by atomic mass is 32.2. The van der Waals surface area contributed by atoms with Gasteiger partial charge in [-0.25, -0.2) is 19.5 Å². The van der Waals surface area contributed by atoms with Gasteiger partial charge < -0.3 is 21.5 Å². The minimum atomic E-state index is -4.32. The van der Waals surface area contributed by atoms with Crippen LogP contribution in [0.2, 0.25) is 0 Å². The Hall–Kier alpha value is -3.77. The molecule has 0 bridgehead atoms. The van der Waals surface area contributed by atoms with Gasteiger partial charge in [0.25, 0.3) is 10.0 Å². The molecule has 2 amide bonds. The summed E-state index contributed by atoms with van der Waals surface area (Å²) >= 11 is 0. The van der Waals surface area contributed by atoms with Crippen LogP contribution in [0.3, 0.4) is 0 Å².